The Labute approximate surface area is 306 Å². The highest BCUT2D eigenvalue weighted by Gasteiger charge is 2.56. The summed E-state index contributed by atoms with van der Waals surface area (Å²) in [6, 6.07) is 0.535. The molecule has 52 heavy (non-hydrogen) atoms. The van der Waals surface area contributed by atoms with Gasteiger partial charge in [-0.25, -0.2) is 0 Å². The number of aliphatic hydroxyl groups excluding tert-OH is 2. The molecule has 4 aliphatic heterocycles. The minimum absolute atomic E-state index is 0.000501. The molecular weight excluding hydrogens is 664 g/mol. The maximum Gasteiger partial charge on any atom is 0.272 e. The van der Waals surface area contributed by atoms with Crippen molar-refractivity contribution in [2.75, 3.05) is 7.05 Å². The maximum absolute atomic E-state index is 14.5. The number of hydrogen-bond acceptors (Lipinski definition) is 11. The van der Waals surface area contributed by atoms with Gasteiger partial charge in [0, 0.05) is 60.4 Å². The third-order valence-corrected chi connectivity index (χ3v) is 11.7. The second-order valence-corrected chi connectivity index (χ2v) is 16.3. The predicted molar refractivity (Wildman–Crippen MR) is 196 cm³/mol. The Morgan fingerprint density at radius 2 is 1.69 bits per heavy atom. The quantitative estimate of drug-likeness (QED) is 0.172. The van der Waals surface area contributed by atoms with Crippen LogP contribution in [0.5, 0.6) is 11.5 Å². The molecule has 0 saturated carbocycles. The zero-order valence-corrected chi connectivity index (χ0v) is 32.0. The lowest BCUT2D eigenvalue weighted by atomic mass is 9.82. The van der Waals surface area contributed by atoms with Crippen LogP contribution in [0.25, 0.3) is 0 Å². The number of nitrogens with one attached hydrogen (secondary N) is 2. The van der Waals surface area contributed by atoms with Crippen LogP contribution in [-0.4, -0.2) is 92.3 Å². The molecular formula is C40H54N4O8. The zero-order chi connectivity index (χ0) is 38.2. The van der Waals surface area contributed by atoms with Gasteiger partial charge in [-0.1, -0.05) is 45.9 Å². The molecule has 2 bridgehead atoms. The van der Waals surface area contributed by atoms with Crippen molar-refractivity contribution in [1.29, 1.82) is 0 Å². The van der Waals surface area contributed by atoms with Crippen LogP contribution in [0.4, 0.5) is 0 Å². The van der Waals surface area contributed by atoms with Gasteiger partial charge in [0.05, 0.1) is 40.8 Å². The first kappa shape index (κ1) is 37.9. The summed E-state index contributed by atoms with van der Waals surface area (Å²) in [6.45, 7) is 15.8. The van der Waals surface area contributed by atoms with E-state index in [0.29, 0.717) is 29.8 Å². The van der Waals surface area contributed by atoms with E-state index in [1.807, 2.05) is 27.7 Å². The number of allylic oxidation sites excluding steroid dienone is 4. The molecule has 5 N–H and O–H groups in total. The second-order valence-electron chi connectivity index (χ2n) is 16.3. The van der Waals surface area contributed by atoms with Crippen molar-refractivity contribution >= 4 is 23.2 Å². The van der Waals surface area contributed by atoms with Gasteiger partial charge < -0.3 is 40.3 Å². The van der Waals surface area contributed by atoms with E-state index < -0.39 is 41.1 Å². The summed E-state index contributed by atoms with van der Waals surface area (Å²) in [5.41, 5.74) is 0.514. The summed E-state index contributed by atoms with van der Waals surface area (Å²) >= 11 is 0. The van der Waals surface area contributed by atoms with Crippen LogP contribution in [-0.2, 0) is 9.53 Å². The average molecular weight is 719 g/mol. The number of aliphatic hydroxyl groups is 2. The van der Waals surface area contributed by atoms with Crippen molar-refractivity contribution in [3.63, 3.8) is 0 Å². The summed E-state index contributed by atoms with van der Waals surface area (Å²) in [5.74, 6) is -4.18. The summed E-state index contributed by atoms with van der Waals surface area (Å²) in [5, 5.41) is 39.2. The minimum atomic E-state index is -1.67. The van der Waals surface area contributed by atoms with Crippen LogP contribution in [0, 0.1) is 24.7 Å². The maximum atomic E-state index is 14.5. The first-order valence-corrected chi connectivity index (χ1v) is 18.5. The standard InChI is InChI=1S/C40H54N4O8/c1-18(2)32(45)22(7)33(46)20(5)12-11-13-21(6)38(50)41-31-30-29(42-40(43-30)16-24-14-15-25(17-40)44(24)10)26-27(35(31)48)34(47)23(8)36-28(26)37(49)39(9,52-36)51-19(3)4/h11-13,18-20,22,24-25,32-33,43,45-47H,14-17H2,1-10H3,(H,41,50)/b12-11+,21-13-/t20-,22-,24?,25?,32-,33-,39-,40?/m0/s1. The van der Waals surface area contributed by atoms with Gasteiger partial charge in [-0.2, -0.15) is 0 Å². The molecule has 4 heterocycles. The third-order valence-electron chi connectivity index (χ3n) is 11.7. The Kier molecular flexibility index (Phi) is 9.87. The SMILES string of the molecule is C/C(=C/C=C/[C@H](C)[C@H](O)[C@@H](C)[C@@H](O)C(C)C)C(=O)NC1=C2NC3(CC4CCC(C3)N4C)N=C2c2c(c(O)c(C)c3c2C(=O)[C@@](C)(OC(C)C)O3)C1=O. The Bertz CT molecular complexity index is 1810. The van der Waals surface area contributed by atoms with Crippen molar-refractivity contribution in [1.82, 2.24) is 15.5 Å². The van der Waals surface area contributed by atoms with Gasteiger partial charge in [0.25, 0.3) is 11.7 Å². The number of benzene rings is 1. The number of carbonyl (C=O) groups is 3. The Hall–Kier alpha value is -3.84. The van der Waals surface area contributed by atoms with Crippen molar-refractivity contribution in [2.45, 2.75) is 130 Å². The largest absolute Gasteiger partial charge is 0.507 e. The van der Waals surface area contributed by atoms with E-state index in [4.69, 9.17) is 14.5 Å². The van der Waals surface area contributed by atoms with Crippen LogP contribution in [0.15, 0.2) is 40.2 Å². The first-order chi connectivity index (χ1) is 24.3. The van der Waals surface area contributed by atoms with E-state index in [2.05, 4.69) is 22.6 Å². The van der Waals surface area contributed by atoms with Gasteiger partial charge in [-0.15, -0.1) is 0 Å². The number of fused-ring (bicyclic) bond motifs is 7. The lowest BCUT2D eigenvalue weighted by Gasteiger charge is -2.41. The number of aromatic hydroxyl groups is 1. The van der Waals surface area contributed by atoms with Crippen LogP contribution in [0.2, 0.25) is 0 Å². The molecule has 1 spiro atoms. The summed E-state index contributed by atoms with van der Waals surface area (Å²) in [7, 11) is 2.12. The van der Waals surface area contributed by atoms with E-state index >= 15 is 0 Å². The van der Waals surface area contributed by atoms with Gasteiger partial charge >= 0.3 is 0 Å². The number of phenols is 1. The number of piperidine rings is 1. The van der Waals surface area contributed by atoms with E-state index in [9.17, 15) is 29.7 Å². The second kappa shape index (κ2) is 13.5. The highest BCUT2D eigenvalue weighted by Crippen LogP contribution is 2.51. The van der Waals surface area contributed by atoms with Crippen LogP contribution < -0.4 is 15.4 Å². The number of aliphatic imine (C=N–C) groups is 1. The molecule has 1 aromatic rings. The van der Waals surface area contributed by atoms with E-state index in [-0.39, 0.29) is 75.4 Å². The number of ether oxygens (including phenoxy) is 2. The van der Waals surface area contributed by atoms with Gasteiger partial charge in [0.15, 0.2) is 0 Å². The highest BCUT2D eigenvalue weighted by atomic mass is 16.7. The molecule has 1 aromatic carbocycles. The molecule has 7 atom stereocenters. The van der Waals surface area contributed by atoms with Crippen molar-refractivity contribution in [3.05, 3.63) is 57.4 Å². The predicted octanol–water partition coefficient (Wildman–Crippen LogP) is 4.44. The van der Waals surface area contributed by atoms with Gasteiger partial charge in [0.2, 0.25) is 11.6 Å². The van der Waals surface area contributed by atoms with Crippen LogP contribution in [0.1, 0.15) is 113 Å². The molecule has 1 amide bonds. The fourth-order valence-electron chi connectivity index (χ4n) is 8.65. The number of ketones is 2. The lowest BCUT2D eigenvalue weighted by Crippen LogP contribution is -2.53. The molecule has 2 unspecified atom stereocenters. The number of Topliss-reactive ketones (excluding diaryl/α,β-unsaturated/α-hetero) is 2. The van der Waals surface area contributed by atoms with Gasteiger partial charge in [-0.05, 0) is 53.5 Å². The molecule has 2 saturated heterocycles. The highest BCUT2D eigenvalue weighted by molar-refractivity contribution is 6.34. The summed E-state index contributed by atoms with van der Waals surface area (Å²) < 4.78 is 12.1. The van der Waals surface area contributed by atoms with E-state index in [1.165, 1.54) is 6.92 Å². The Morgan fingerprint density at radius 3 is 2.29 bits per heavy atom. The number of carbonyl (C=O) groups excluding carboxylic acids is 3. The molecule has 1 aliphatic carbocycles. The number of rotatable bonds is 10. The van der Waals surface area contributed by atoms with E-state index in [1.54, 1.807) is 45.9 Å². The van der Waals surface area contributed by atoms with Crippen molar-refractivity contribution < 1.29 is 39.2 Å². The van der Waals surface area contributed by atoms with Gasteiger partial charge in [0.1, 0.15) is 22.9 Å². The topological polar surface area (TPSA) is 170 Å². The number of amides is 1. The average Bonchev–Trinajstić information content (AvgIpc) is 3.64. The normalized spacial score (nSPS) is 29.3. The van der Waals surface area contributed by atoms with Crippen LogP contribution in [0.3, 0.4) is 0 Å². The number of phenolic OH excluding ortho intramolecular Hbond substituents is 1. The minimum Gasteiger partial charge on any atom is -0.507 e. The van der Waals surface area contributed by atoms with Gasteiger partial charge in [-0.3, -0.25) is 19.4 Å². The molecule has 0 radical (unpaired) electrons. The lowest BCUT2D eigenvalue weighted by molar-refractivity contribution is -0.150. The molecule has 12 nitrogen and oxygen atoms in total. The Balaban J connectivity index is 1.38. The zero-order valence-electron chi connectivity index (χ0n) is 32.0. The molecule has 5 aliphatic rings. The Morgan fingerprint density at radius 1 is 1.06 bits per heavy atom. The molecule has 12 heteroatoms. The molecule has 282 valence electrons. The monoisotopic (exact) mass is 718 g/mol. The summed E-state index contributed by atoms with van der Waals surface area (Å²) in [4.78, 5) is 50.1. The summed E-state index contributed by atoms with van der Waals surface area (Å²) in [6.07, 6.45) is 6.61. The van der Waals surface area contributed by atoms with Crippen molar-refractivity contribution in [2.24, 2.45) is 22.7 Å². The molecule has 2 fully saturated rings. The van der Waals surface area contributed by atoms with E-state index in [0.717, 1.165) is 12.8 Å². The first-order valence-electron chi connectivity index (χ1n) is 18.5. The fraction of sp³-hybridized carbons (Fsp3) is 0.600. The number of nitrogens with zero attached hydrogens (tertiary/aromatic N) is 2. The smallest absolute Gasteiger partial charge is 0.272 e. The third kappa shape index (κ3) is 6.21. The number of hydrogen-bond donors (Lipinski definition) is 5. The fourth-order valence-corrected chi connectivity index (χ4v) is 8.65. The molecule has 6 rings (SSSR count). The van der Waals surface area contributed by atoms with Crippen LogP contribution >= 0.6 is 0 Å². The van der Waals surface area contributed by atoms with Crippen molar-refractivity contribution in [3.8, 4) is 11.5 Å². The molecule has 0 aromatic heterocycles.